The fourth-order valence-corrected chi connectivity index (χ4v) is 4.68. The molecule has 0 fully saturated rings. The molecule has 0 aliphatic rings. The lowest BCUT2D eigenvalue weighted by Crippen LogP contribution is -2.14. The first-order chi connectivity index (χ1) is 17.1. The first-order valence-corrected chi connectivity index (χ1v) is 12.7. The molecule has 0 saturated heterocycles. The maximum atomic E-state index is 14.0. The van der Waals surface area contributed by atoms with Crippen molar-refractivity contribution in [3.63, 3.8) is 0 Å². The van der Waals surface area contributed by atoms with Gasteiger partial charge in [0.1, 0.15) is 5.69 Å². The van der Waals surface area contributed by atoms with Crippen molar-refractivity contribution in [3.05, 3.63) is 65.5 Å². The summed E-state index contributed by atoms with van der Waals surface area (Å²) in [5.74, 6) is 0.373. The monoisotopic (exact) mass is 513 g/mol. The zero-order valence-corrected chi connectivity index (χ0v) is 21.0. The van der Waals surface area contributed by atoms with Crippen LogP contribution in [0.2, 0.25) is 0 Å². The van der Waals surface area contributed by atoms with Crippen molar-refractivity contribution in [2.75, 3.05) is 7.05 Å². The molecule has 188 valence electrons. The van der Waals surface area contributed by atoms with Crippen LogP contribution in [0.15, 0.2) is 58.0 Å². The Balaban J connectivity index is 1.73. The van der Waals surface area contributed by atoms with Crippen molar-refractivity contribution in [1.82, 2.24) is 25.5 Å². The van der Waals surface area contributed by atoms with Gasteiger partial charge >= 0.3 is 0 Å². The number of hydrogen-bond acceptors (Lipinski definition) is 8. The van der Waals surface area contributed by atoms with Crippen molar-refractivity contribution in [1.29, 1.82) is 0 Å². The average Bonchev–Trinajstić information content (AvgIpc) is 3.34. The van der Waals surface area contributed by atoms with E-state index in [-0.39, 0.29) is 33.6 Å². The van der Waals surface area contributed by atoms with Gasteiger partial charge in [0.05, 0.1) is 27.7 Å². The summed E-state index contributed by atoms with van der Waals surface area (Å²) in [5.41, 5.74) is 2.29. The molecule has 0 spiro atoms. The zero-order valence-electron chi connectivity index (χ0n) is 20.2. The number of rotatable bonds is 8. The van der Waals surface area contributed by atoms with Crippen LogP contribution in [-0.4, -0.2) is 40.9 Å². The van der Waals surface area contributed by atoms with Gasteiger partial charge in [0.25, 0.3) is 12.3 Å². The quantitative estimate of drug-likeness (QED) is 0.350. The van der Waals surface area contributed by atoms with Gasteiger partial charge in [-0.2, -0.15) is 0 Å². The molecule has 0 aliphatic heterocycles. The molecule has 36 heavy (non-hydrogen) atoms. The number of aromatic nitrogens is 4. The number of aryl methyl sites for hydroxylation is 1. The van der Waals surface area contributed by atoms with E-state index >= 15 is 0 Å². The van der Waals surface area contributed by atoms with E-state index in [0.29, 0.717) is 5.69 Å². The minimum atomic E-state index is -3.73. The van der Waals surface area contributed by atoms with Crippen molar-refractivity contribution >= 4 is 9.84 Å². The Morgan fingerprint density at radius 1 is 1.03 bits per heavy atom. The molecule has 0 saturated carbocycles. The predicted octanol–water partition coefficient (Wildman–Crippen LogP) is 5.01. The predicted molar refractivity (Wildman–Crippen MR) is 131 cm³/mol. The molecule has 8 nitrogen and oxygen atoms in total. The third-order valence-electron chi connectivity index (χ3n) is 5.65. The van der Waals surface area contributed by atoms with Gasteiger partial charge in [-0.25, -0.2) is 22.2 Å². The summed E-state index contributed by atoms with van der Waals surface area (Å²) in [6.45, 7) is 5.41. The van der Waals surface area contributed by atoms with Gasteiger partial charge in [-0.1, -0.05) is 18.2 Å². The Hall–Kier alpha value is -3.57. The van der Waals surface area contributed by atoms with Crippen molar-refractivity contribution in [3.8, 4) is 34.3 Å². The van der Waals surface area contributed by atoms with E-state index in [9.17, 15) is 17.2 Å². The van der Waals surface area contributed by atoms with Crippen LogP contribution in [0.1, 0.15) is 37.1 Å². The molecule has 0 amide bonds. The molecule has 0 aliphatic carbocycles. The van der Waals surface area contributed by atoms with E-state index in [0.717, 1.165) is 23.7 Å². The third-order valence-corrected chi connectivity index (χ3v) is 7.80. The number of benzene rings is 2. The largest absolute Gasteiger partial charge is 0.415 e. The standard InChI is InChI=1S/C25H25F2N5O3S/c1-14(2)36(33,34)18-9-10-19(20(11-18)23(26)27)21-13-29-15(3)22(30-21)25-32-31-24(35-25)17-7-5-16(6-8-17)12-28-4/h5-11,13-14,23,28H,12H2,1-4H3. The van der Waals surface area contributed by atoms with Crippen LogP contribution in [0.3, 0.4) is 0 Å². The van der Waals surface area contributed by atoms with Crippen LogP contribution in [0.25, 0.3) is 34.3 Å². The van der Waals surface area contributed by atoms with Crippen LogP contribution in [0.5, 0.6) is 0 Å². The van der Waals surface area contributed by atoms with Crippen molar-refractivity contribution in [2.45, 2.75) is 43.9 Å². The number of nitrogens with one attached hydrogen (secondary N) is 1. The molecule has 4 aromatic rings. The fourth-order valence-electron chi connectivity index (χ4n) is 3.59. The van der Waals surface area contributed by atoms with Gasteiger partial charge in [0.2, 0.25) is 5.89 Å². The molecule has 2 aromatic heterocycles. The van der Waals surface area contributed by atoms with E-state index < -0.39 is 27.1 Å². The highest BCUT2D eigenvalue weighted by Gasteiger charge is 2.25. The topological polar surface area (TPSA) is 111 Å². The van der Waals surface area contributed by atoms with Crippen LogP contribution < -0.4 is 5.32 Å². The highest BCUT2D eigenvalue weighted by atomic mass is 32.2. The molecular weight excluding hydrogens is 488 g/mol. The summed E-state index contributed by atoms with van der Waals surface area (Å²) in [5, 5.41) is 10.5. The normalized spacial score (nSPS) is 12.0. The molecule has 0 bridgehead atoms. The highest BCUT2D eigenvalue weighted by molar-refractivity contribution is 7.92. The summed E-state index contributed by atoms with van der Waals surface area (Å²) < 4.78 is 58.8. The van der Waals surface area contributed by atoms with Gasteiger partial charge in [0.15, 0.2) is 9.84 Å². The van der Waals surface area contributed by atoms with Gasteiger partial charge in [-0.3, -0.25) is 4.98 Å². The minimum absolute atomic E-state index is 0.0707. The van der Waals surface area contributed by atoms with Gasteiger partial charge in [-0.05, 0) is 57.6 Å². The Bertz CT molecular complexity index is 1490. The summed E-state index contributed by atoms with van der Waals surface area (Å²) in [7, 11) is -1.86. The van der Waals surface area contributed by atoms with Gasteiger partial charge in [-0.15, -0.1) is 10.2 Å². The summed E-state index contributed by atoms with van der Waals surface area (Å²) in [4.78, 5) is 8.60. The van der Waals surface area contributed by atoms with Gasteiger partial charge < -0.3 is 9.73 Å². The van der Waals surface area contributed by atoms with Gasteiger partial charge in [0, 0.05) is 23.2 Å². The number of halogens is 2. The first-order valence-electron chi connectivity index (χ1n) is 11.2. The van der Waals surface area contributed by atoms with E-state index in [4.69, 9.17) is 4.42 Å². The Kier molecular flexibility index (Phi) is 7.23. The van der Waals surface area contributed by atoms with Crippen molar-refractivity contribution < 1.29 is 21.6 Å². The molecule has 2 heterocycles. The van der Waals surface area contributed by atoms with Crippen LogP contribution in [0.4, 0.5) is 8.78 Å². The van der Waals surface area contributed by atoms with E-state index in [1.165, 1.54) is 32.2 Å². The summed E-state index contributed by atoms with van der Waals surface area (Å²) in [6, 6.07) is 11.2. The molecule has 0 unspecified atom stereocenters. The SMILES string of the molecule is CNCc1ccc(-c2nnc(-c3nc(-c4ccc(S(=O)(=O)C(C)C)cc4C(F)F)cnc3C)o2)cc1. The third kappa shape index (κ3) is 5.02. The Morgan fingerprint density at radius 3 is 2.36 bits per heavy atom. The van der Waals surface area contributed by atoms with E-state index in [1.54, 1.807) is 6.92 Å². The van der Waals surface area contributed by atoms with Crippen LogP contribution in [0, 0.1) is 6.92 Å². The lowest BCUT2D eigenvalue weighted by Gasteiger charge is -2.13. The Morgan fingerprint density at radius 2 is 1.72 bits per heavy atom. The second kappa shape index (κ2) is 10.2. The number of alkyl halides is 2. The molecule has 11 heteroatoms. The molecule has 2 aromatic carbocycles. The average molecular weight is 514 g/mol. The lowest BCUT2D eigenvalue weighted by atomic mass is 10.0. The van der Waals surface area contributed by atoms with Crippen molar-refractivity contribution in [2.24, 2.45) is 0 Å². The first kappa shape index (κ1) is 25.5. The summed E-state index contributed by atoms with van der Waals surface area (Å²) in [6.07, 6.45) is -1.57. The van der Waals surface area contributed by atoms with E-state index in [2.05, 4.69) is 25.5 Å². The highest BCUT2D eigenvalue weighted by Crippen LogP contribution is 2.34. The Labute approximate surface area is 207 Å². The lowest BCUT2D eigenvalue weighted by molar-refractivity contribution is 0.151. The van der Waals surface area contributed by atoms with Crippen LogP contribution >= 0.6 is 0 Å². The maximum Gasteiger partial charge on any atom is 0.268 e. The maximum absolute atomic E-state index is 14.0. The minimum Gasteiger partial charge on any atom is -0.415 e. The molecular formula is C25H25F2N5O3S. The molecule has 0 atom stereocenters. The smallest absolute Gasteiger partial charge is 0.268 e. The molecule has 4 rings (SSSR count). The fraction of sp³-hybridized carbons (Fsp3) is 0.280. The number of nitrogens with zero attached hydrogens (tertiary/aromatic N) is 4. The molecule has 0 radical (unpaired) electrons. The molecule has 1 N–H and O–H groups in total. The second-order valence-corrected chi connectivity index (χ2v) is 11.0. The van der Waals surface area contributed by atoms with Crippen LogP contribution in [-0.2, 0) is 16.4 Å². The zero-order chi connectivity index (χ0) is 26.0. The summed E-state index contributed by atoms with van der Waals surface area (Å²) >= 11 is 0. The number of hydrogen-bond donors (Lipinski definition) is 1. The second-order valence-electron chi connectivity index (χ2n) is 8.47. The number of sulfone groups is 1. The van der Waals surface area contributed by atoms with E-state index in [1.807, 2.05) is 31.3 Å².